The molecule has 0 unspecified atom stereocenters. The molecule has 0 aliphatic carbocycles. The van der Waals surface area contributed by atoms with Crippen molar-refractivity contribution in [1.29, 1.82) is 0 Å². The zero-order valence-electron chi connectivity index (χ0n) is 29.6. The fraction of sp³-hybridized carbons (Fsp3) is 0.727. The van der Waals surface area contributed by atoms with Crippen LogP contribution in [0, 0.1) is 0 Å². The van der Waals surface area contributed by atoms with Gasteiger partial charge in [0.1, 0.15) is 6.61 Å². The van der Waals surface area contributed by atoms with E-state index in [0.29, 0.717) is 13.0 Å². The van der Waals surface area contributed by atoms with Gasteiger partial charge in [-0.3, -0.25) is 0 Å². The zero-order chi connectivity index (χ0) is 32.8. The van der Waals surface area contributed by atoms with Gasteiger partial charge in [0.2, 0.25) is 0 Å². The van der Waals surface area contributed by atoms with Gasteiger partial charge >= 0.3 is 6.09 Å². The maximum atomic E-state index is 13.4. The van der Waals surface area contributed by atoms with E-state index in [1.165, 1.54) is 0 Å². The van der Waals surface area contributed by atoms with Crippen LogP contribution in [0.1, 0.15) is 74.3 Å². The summed E-state index contributed by atoms with van der Waals surface area (Å²) in [6.45, 7) is 38.1. The average molecular weight is 638 g/mol. The van der Waals surface area contributed by atoms with Crippen LogP contribution in [0.2, 0.25) is 54.4 Å². The lowest BCUT2D eigenvalue weighted by Gasteiger charge is -2.47. The second-order valence-electron chi connectivity index (χ2n) is 16.2. The Morgan fingerprint density at radius 1 is 0.810 bits per heavy atom. The third-order valence-electron chi connectivity index (χ3n) is 9.60. The third kappa shape index (κ3) is 11.4. The van der Waals surface area contributed by atoms with E-state index in [1.54, 1.807) is 0 Å². The van der Waals surface area contributed by atoms with Crippen molar-refractivity contribution in [2.45, 2.75) is 148 Å². The van der Waals surface area contributed by atoms with Gasteiger partial charge in [0.05, 0.1) is 24.9 Å². The number of alkyl carbamates (subject to hydrolysis) is 1. The van der Waals surface area contributed by atoms with Gasteiger partial charge in [-0.1, -0.05) is 98.7 Å². The van der Waals surface area contributed by atoms with E-state index in [1.807, 2.05) is 36.4 Å². The first-order valence-corrected chi connectivity index (χ1v) is 24.1. The van der Waals surface area contributed by atoms with Gasteiger partial charge < -0.3 is 23.3 Å². The van der Waals surface area contributed by atoms with Gasteiger partial charge in [-0.2, -0.15) is 0 Å². The molecule has 1 N–H and O–H groups in total. The molecule has 1 rings (SSSR count). The molecule has 3 atom stereocenters. The molecule has 242 valence electrons. The van der Waals surface area contributed by atoms with Crippen LogP contribution in [-0.2, 0) is 24.6 Å². The fourth-order valence-corrected chi connectivity index (χ4v) is 7.27. The van der Waals surface area contributed by atoms with Gasteiger partial charge in [0, 0.05) is 0 Å². The number of hydrogen-bond acceptors (Lipinski definition) is 5. The summed E-state index contributed by atoms with van der Waals surface area (Å²) in [5, 5.41) is 3.16. The highest BCUT2D eigenvalue weighted by molar-refractivity contribution is 6.75. The Morgan fingerprint density at radius 3 is 1.74 bits per heavy atom. The summed E-state index contributed by atoms with van der Waals surface area (Å²) < 4.78 is 26.8. The van der Waals surface area contributed by atoms with Crippen molar-refractivity contribution in [3.8, 4) is 0 Å². The fourth-order valence-electron chi connectivity index (χ4n) is 3.55. The topological polar surface area (TPSA) is 66.0 Å². The summed E-state index contributed by atoms with van der Waals surface area (Å²) in [5.41, 5.74) is 0.932. The molecule has 42 heavy (non-hydrogen) atoms. The molecule has 1 aromatic rings. The maximum Gasteiger partial charge on any atom is 0.407 e. The minimum Gasteiger partial charge on any atom is -0.445 e. The van der Waals surface area contributed by atoms with E-state index in [4.69, 9.17) is 18.0 Å². The second kappa shape index (κ2) is 14.7. The molecule has 0 radical (unpaired) electrons. The number of benzene rings is 1. The quantitative estimate of drug-likeness (QED) is 0.163. The monoisotopic (exact) mass is 637 g/mol. The van der Waals surface area contributed by atoms with Crippen molar-refractivity contribution in [3.05, 3.63) is 48.6 Å². The number of carbonyl (C=O) groups is 1. The summed E-state index contributed by atoms with van der Waals surface area (Å²) in [6, 6.07) is 9.24. The van der Waals surface area contributed by atoms with Crippen LogP contribution in [0.25, 0.3) is 0 Å². The first-order valence-electron chi connectivity index (χ1n) is 15.4. The van der Waals surface area contributed by atoms with Gasteiger partial charge in [0.15, 0.2) is 25.0 Å². The largest absolute Gasteiger partial charge is 0.445 e. The second-order valence-corrected chi connectivity index (χ2v) is 30.5. The van der Waals surface area contributed by atoms with E-state index in [9.17, 15) is 4.79 Å². The van der Waals surface area contributed by atoms with Crippen molar-refractivity contribution in [1.82, 2.24) is 5.32 Å². The molecule has 0 aliphatic heterocycles. The average Bonchev–Trinajstić information content (AvgIpc) is 2.82. The van der Waals surface area contributed by atoms with E-state index >= 15 is 0 Å². The van der Waals surface area contributed by atoms with Crippen LogP contribution >= 0.6 is 0 Å². The van der Waals surface area contributed by atoms with E-state index in [0.717, 1.165) is 5.56 Å². The highest BCUT2D eigenvalue weighted by atomic mass is 28.4. The Balaban J connectivity index is 3.59. The van der Waals surface area contributed by atoms with Crippen LogP contribution in [0.5, 0.6) is 0 Å². The number of carbonyl (C=O) groups excluding carboxylic acids is 1. The SMILES string of the molecule is C=CC[C@H](O[Si](C)(C)C(C)(C)C)[C@H](O[Si](C)(C)C(C)(C)C)[C@H](CO[Si](C)(C)C(C)(C)C)NC(=O)OCc1ccccc1. The molecular formula is C33H63NO5Si3. The molecule has 0 aromatic heterocycles. The molecule has 6 nitrogen and oxygen atoms in total. The Hall–Kier alpha value is -1.24. The summed E-state index contributed by atoms with van der Waals surface area (Å²) in [4.78, 5) is 13.4. The Morgan fingerprint density at radius 2 is 1.29 bits per heavy atom. The lowest BCUT2D eigenvalue weighted by atomic mass is 10.0. The van der Waals surface area contributed by atoms with Crippen molar-refractivity contribution >= 4 is 31.0 Å². The van der Waals surface area contributed by atoms with Crippen LogP contribution in [0.3, 0.4) is 0 Å². The van der Waals surface area contributed by atoms with E-state index in [-0.39, 0.29) is 27.8 Å². The lowest BCUT2D eigenvalue weighted by Crippen LogP contribution is -2.60. The zero-order valence-corrected chi connectivity index (χ0v) is 32.6. The molecular weight excluding hydrogens is 575 g/mol. The van der Waals surface area contributed by atoms with Crippen molar-refractivity contribution in [2.24, 2.45) is 0 Å². The van der Waals surface area contributed by atoms with Crippen LogP contribution in [-0.4, -0.2) is 55.9 Å². The minimum atomic E-state index is -2.31. The molecule has 0 bridgehead atoms. The Kier molecular flexibility index (Phi) is 13.6. The van der Waals surface area contributed by atoms with Gasteiger partial charge in [0.25, 0.3) is 0 Å². The molecule has 0 fully saturated rings. The van der Waals surface area contributed by atoms with Gasteiger partial charge in [-0.15, -0.1) is 6.58 Å². The van der Waals surface area contributed by atoms with Crippen LogP contribution in [0.4, 0.5) is 4.79 Å². The number of hydrogen-bond donors (Lipinski definition) is 1. The summed E-state index contributed by atoms with van der Waals surface area (Å²) in [6.07, 6.45) is 1.26. The summed E-state index contributed by atoms with van der Waals surface area (Å²) in [7, 11) is -6.67. The number of amides is 1. The highest BCUT2D eigenvalue weighted by Gasteiger charge is 2.47. The number of ether oxygens (including phenoxy) is 1. The number of rotatable bonds is 14. The van der Waals surface area contributed by atoms with Gasteiger partial charge in [-0.25, -0.2) is 4.79 Å². The van der Waals surface area contributed by atoms with Crippen molar-refractivity contribution < 1.29 is 22.8 Å². The van der Waals surface area contributed by atoms with Crippen LogP contribution < -0.4 is 5.32 Å². The smallest absolute Gasteiger partial charge is 0.407 e. The molecule has 0 saturated carbocycles. The van der Waals surface area contributed by atoms with Crippen molar-refractivity contribution in [2.75, 3.05) is 6.61 Å². The maximum absolute atomic E-state index is 13.4. The van der Waals surface area contributed by atoms with Gasteiger partial charge in [-0.05, 0) is 66.4 Å². The predicted molar refractivity (Wildman–Crippen MR) is 186 cm³/mol. The minimum absolute atomic E-state index is 0.00310. The molecule has 0 spiro atoms. The molecule has 1 aromatic carbocycles. The summed E-state index contributed by atoms with van der Waals surface area (Å²) in [5.74, 6) is 0. The molecule has 0 aliphatic rings. The van der Waals surface area contributed by atoms with E-state index < -0.39 is 43.2 Å². The van der Waals surface area contributed by atoms with E-state index in [2.05, 4.69) is 113 Å². The first-order chi connectivity index (χ1) is 18.8. The predicted octanol–water partition coefficient (Wildman–Crippen LogP) is 9.66. The standard InChI is InChI=1S/C33H63NO5Si3/c1-17-21-28(38-41(13,14)32(5,6)7)29(39-42(15,16)33(8,9)10)27(25-37-40(11,12)31(2,3)4)34-30(35)36-24-26-22-19-18-20-23-26/h17-20,22-23,27-29H,1,21,24-25H2,2-16H3,(H,34,35)/t27-,28-,29+/m0/s1. The third-order valence-corrected chi connectivity index (χ3v) is 23.1. The number of nitrogens with one attached hydrogen (secondary N) is 1. The summed E-state index contributed by atoms with van der Waals surface area (Å²) >= 11 is 0. The first kappa shape index (κ1) is 38.8. The lowest BCUT2D eigenvalue weighted by molar-refractivity contribution is 0.000436. The van der Waals surface area contributed by atoms with Crippen molar-refractivity contribution in [3.63, 3.8) is 0 Å². The Labute approximate surface area is 261 Å². The highest BCUT2D eigenvalue weighted by Crippen LogP contribution is 2.42. The Bertz CT molecular complexity index is 992. The normalized spacial score (nSPS) is 16.0. The molecule has 1 amide bonds. The molecule has 0 heterocycles. The molecule has 0 saturated heterocycles. The molecule has 9 heteroatoms. The van der Waals surface area contributed by atoms with Crippen LogP contribution in [0.15, 0.2) is 43.0 Å².